The van der Waals surface area contributed by atoms with Crippen molar-refractivity contribution in [1.29, 1.82) is 0 Å². The Labute approximate surface area is 111 Å². The van der Waals surface area contributed by atoms with E-state index in [1.165, 1.54) is 17.8 Å². The van der Waals surface area contributed by atoms with E-state index in [4.69, 9.17) is 0 Å². The topological polar surface area (TPSA) is 29.4 Å². The first kappa shape index (κ1) is 13.3. The fraction of sp³-hybridized carbons (Fsp3) is 0.429. The number of hydrogen-bond donors (Lipinski definition) is 0. The van der Waals surface area contributed by atoms with Gasteiger partial charge in [0.2, 0.25) is 0 Å². The van der Waals surface area contributed by atoms with Crippen LogP contribution in [0.1, 0.15) is 26.3 Å². The third kappa shape index (κ3) is 2.34. The van der Waals surface area contributed by atoms with Crippen LogP contribution in [0.2, 0.25) is 0 Å². The molecule has 0 bridgehead atoms. The van der Waals surface area contributed by atoms with Gasteiger partial charge in [-0.25, -0.2) is 9.38 Å². The summed E-state index contributed by atoms with van der Waals surface area (Å²) in [6.07, 6.45) is 0.394. The van der Waals surface area contributed by atoms with Gasteiger partial charge in [-0.3, -0.25) is 4.79 Å². The van der Waals surface area contributed by atoms with E-state index < -0.39 is 4.75 Å². The minimum Gasteiger partial charge on any atom is -0.271 e. The highest BCUT2D eigenvalue weighted by atomic mass is 32.2. The van der Waals surface area contributed by atoms with Gasteiger partial charge < -0.3 is 0 Å². The maximum atomic E-state index is 13.5. The number of carbonyl (C=O) groups excluding carboxylic acids is 1. The predicted molar refractivity (Wildman–Crippen MR) is 73.4 cm³/mol. The molecular weight excluding hydrogens is 249 g/mol. The second-order valence-electron chi connectivity index (χ2n) is 4.94. The summed E-state index contributed by atoms with van der Waals surface area (Å²) >= 11 is 1.47. The van der Waals surface area contributed by atoms with Crippen molar-refractivity contribution in [3.8, 4) is 0 Å². The van der Waals surface area contributed by atoms with Crippen molar-refractivity contribution in [3.63, 3.8) is 0 Å². The van der Waals surface area contributed by atoms with E-state index >= 15 is 0 Å². The first-order valence-corrected chi connectivity index (χ1v) is 6.79. The molecule has 0 saturated heterocycles. The molecule has 0 aliphatic carbocycles. The molecule has 1 unspecified atom stereocenters. The quantitative estimate of drug-likeness (QED) is 0.837. The van der Waals surface area contributed by atoms with Gasteiger partial charge in [-0.05, 0) is 24.5 Å². The molecule has 0 radical (unpaired) electrons. The zero-order valence-electron chi connectivity index (χ0n) is 10.7. The molecule has 0 fully saturated rings. The normalized spacial score (nSPS) is 23.6. The van der Waals surface area contributed by atoms with E-state index in [1.807, 2.05) is 20.8 Å². The Hall–Kier alpha value is -1.16. The van der Waals surface area contributed by atoms with Crippen molar-refractivity contribution in [2.45, 2.75) is 31.9 Å². The van der Waals surface area contributed by atoms with Crippen LogP contribution in [0.15, 0.2) is 29.3 Å². The molecule has 4 heteroatoms. The molecule has 0 spiro atoms. The number of benzene rings is 1. The molecule has 0 saturated carbocycles. The van der Waals surface area contributed by atoms with Gasteiger partial charge in [0.05, 0.1) is 5.04 Å². The lowest BCUT2D eigenvalue weighted by Crippen LogP contribution is -2.33. The molecule has 18 heavy (non-hydrogen) atoms. The van der Waals surface area contributed by atoms with Crippen LogP contribution < -0.4 is 0 Å². The van der Waals surface area contributed by atoms with Crippen LogP contribution in [-0.2, 0) is 11.2 Å². The van der Waals surface area contributed by atoms with Gasteiger partial charge in [-0.15, -0.1) is 0 Å². The Kier molecular flexibility index (Phi) is 3.57. The Morgan fingerprint density at radius 1 is 1.39 bits per heavy atom. The van der Waals surface area contributed by atoms with E-state index in [0.29, 0.717) is 17.0 Å². The van der Waals surface area contributed by atoms with Gasteiger partial charge in [0.1, 0.15) is 10.6 Å². The average molecular weight is 265 g/mol. The van der Waals surface area contributed by atoms with Crippen molar-refractivity contribution in [2.24, 2.45) is 10.9 Å². The van der Waals surface area contributed by atoms with Crippen LogP contribution in [0.4, 0.5) is 4.39 Å². The van der Waals surface area contributed by atoms with Crippen molar-refractivity contribution in [1.82, 2.24) is 0 Å². The first-order valence-electron chi connectivity index (χ1n) is 5.98. The van der Waals surface area contributed by atoms with Gasteiger partial charge in [0.15, 0.2) is 0 Å². The summed E-state index contributed by atoms with van der Waals surface area (Å²) in [5.41, 5.74) is 0.588. The van der Waals surface area contributed by atoms with Crippen LogP contribution >= 0.6 is 11.8 Å². The number of aliphatic imine (C=N–C) groups is 1. The zero-order chi connectivity index (χ0) is 13.3. The van der Waals surface area contributed by atoms with Gasteiger partial charge in [0.25, 0.3) is 5.91 Å². The highest BCUT2D eigenvalue weighted by molar-refractivity contribution is 8.16. The average Bonchev–Trinajstić information content (AvgIpc) is 2.59. The largest absolute Gasteiger partial charge is 0.271 e. The maximum absolute atomic E-state index is 13.5. The molecule has 1 aliphatic heterocycles. The second-order valence-corrected chi connectivity index (χ2v) is 6.47. The maximum Gasteiger partial charge on any atom is 0.263 e. The second kappa shape index (κ2) is 4.84. The summed E-state index contributed by atoms with van der Waals surface area (Å²) in [4.78, 5) is 16.0. The van der Waals surface area contributed by atoms with Gasteiger partial charge in [-0.2, -0.15) is 0 Å². The van der Waals surface area contributed by atoms with E-state index in [-0.39, 0.29) is 17.6 Å². The van der Waals surface area contributed by atoms with Crippen LogP contribution in [0.5, 0.6) is 0 Å². The summed E-state index contributed by atoms with van der Waals surface area (Å²) in [7, 11) is 0. The Morgan fingerprint density at radius 3 is 2.61 bits per heavy atom. The lowest BCUT2D eigenvalue weighted by molar-refractivity contribution is -0.120. The molecule has 2 nitrogen and oxygen atoms in total. The van der Waals surface area contributed by atoms with Crippen molar-refractivity contribution >= 4 is 22.7 Å². The lowest BCUT2D eigenvalue weighted by Gasteiger charge is -2.24. The van der Waals surface area contributed by atoms with Crippen molar-refractivity contribution in [3.05, 3.63) is 35.6 Å². The fourth-order valence-corrected chi connectivity index (χ4v) is 2.99. The summed E-state index contributed by atoms with van der Waals surface area (Å²) in [5.74, 6) is -0.142. The minimum atomic E-state index is -0.499. The summed E-state index contributed by atoms with van der Waals surface area (Å²) in [6.45, 7) is 5.92. The highest BCUT2D eigenvalue weighted by Crippen LogP contribution is 2.40. The molecule has 1 atom stereocenters. The van der Waals surface area contributed by atoms with Crippen molar-refractivity contribution in [2.75, 3.05) is 0 Å². The number of rotatable bonds is 3. The molecule has 1 aliphatic rings. The van der Waals surface area contributed by atoms with Crippen molar-refractivity contribution < 1.29 is 9.18 Å². The first-order chi connectivity index (χ1) is 8.43. The smallest absolute Gasteiger partial charge is 0.263 e. The number of amides is 1. The SMILES string of the molecule is CC(C)C1(C)SC(Cc2ccccc2F)=NC1=O. The third-order valence-corrected chi connectivity index (χ3v) is 4.92. The van der Waals surface area contributed by atoms with Crippen LogP contribution in [0, 0.1) is 11.7 Å². The fourth-order valence-electron chi connectivity index (χ4n) is 1.78. The standard InChI is InChI=1S/C14H16FNOS/c1-9(2)14(3)13(17)16-12(18-14)8-10-6-4-5-7-11(10)15/h4-7,9H,8H2,1-3H3. The Bertz CT molecular complexity index is 512. The number of carbonyl (C=O) groups is 1. The monoisotopic (exact) mass is 265 g/mol. The summed E-state index contributed by atoms with van der Waals surface area (Å²) in [5, 5.41) is 0.710. The molecule has 1 aromatic rings. The Balaban J connectivity index is 2.17. The van der Waals surface area contributed by atoms with E-state index in [9.17, 15) is 9.18 Å². The molecule has 1 aromatic carbocycles. The lowest BCUT2D eigenvalue weighted by atomic mass is 9.96. The number of hydrogen-bond acceptors (Lipinski definition) is 2. The molecule has 1 heterocycles. The molecule has 1 amide bonds. The predicted octanol–water partition coefficient (Wildman–Crippen LogP) is 3.45. The molecule has 96 valence electrons. The summed E-state index contributed by atoms with van der Waals surface area (Å²) in [6, 6.07) is 6.61. The van der Waals surface area contributed by atoms with Crippen LogP contribution in [-0.4, -0.2) is 15.7 Å². The number of halogens is 1. The van der Waals surface area contributed by atoms with E-state index in [0.717, 1.165) is 0 Å². The van der Waals surface area contributed by atoms with E-state index in [2.05, 4.69) is 4.99 Å². The number of thioether (sulfide) groups is 1. The zero-order valence-corrected chi connectivity index (χ0v) is 11.6. The third-order valence-electron chi connectivity index (χ3n) is 3.38. The van der Waals surface area contributed by atoms with Gasteiger partial charge in [0, 0.05) is 6.42 Å². The summed E-state index contributed by atoms with van der Waals surface area (Å²) < 4.78 is 13.0. The molecule has 0 N–H and O–H groups in total. The minimum absolute atomic E-state index is 0.103. The van der Waals surface area contributed by atoms with Gasteiger partial charge >= 0.3 is 0 Å². The Morgan fingerprint density at radius 2 is 2.06 bits per heavy atom. The van der Waals surface area contributed by atoms with Crippen LogP contribution in [0.3, 0.4) is 0 Å². The van der Waals surface area contributed by atoms with E-state index in [1.54, 1.807) is 18.2 Å². The molecule has 2 rings (SSSR count). The molecular formula is C14H16FNOS. The van der Waals surface area contributed by atoms with Crippen LogP contribution in [0.25, 0.3) is 0 Å². The van der Waals surface area contributed by atoms with Gasteiger partial charge in [-0.1, -0.05) is 43.8 Å². The highest BCUT2D eigenvalue weighted by Gasteiger charge is 2.43. The molecule has 0 aromatic heterocycles. The number of nitrogens with zero attached hydrogens (tertiary/aromatic N) is 1.